The summed E-state index contributed by atoms with van der Waals surface area (Å²) in [4.78, 5) is 26.9. The molecule has 1 aliphatic rings. The van der Waals surface area contributed by atoms with Crippen molar-refractivity contribution in [2.24, 2.45) is 16.6 Å². The number of thiophene rings is 1. The third-order valence-electron chi connectivity index (χ3n) is 5.36. The topological polar surface area (TPSA) is 86.9 Å². The molecule has 3 heterocycles. The van der Waals surface area contributed by atoms with Gasteiger partial charge in [-0.3, -0.25) is 4.79 Å². The molecule has 31 heavy (non-hydrogen) atoms. The molecule has 3 rings (SSSR count). The summed E-state index contributed by atoms with van der Waals surface area (Å²) in [5.41, 5.74) is 6.61. The second-order valence-electron chi connectivity index (χ2n) is 7.59. The Balaban J connectivity index is 0.00000341. The molecule has 2 aromatic heterocycles. The van der Waals surface area contributed by atoms with Crippen molar-refractivity contribution in [3.8, 4) is 0 Å². The van der Waals surface area contributed by atoms with Crippen LogP contribution in [-0.2, 0) is 17.8 Å². The summed E-state index contributed by atoms with van der Waals surface area (Å²) >= 11 is 1.79. The molecule has 1 fully saturated rings. The van der Waals surface area contributed by atoms with Crippen LogP contribution in [-0.4, -0.2) is 55.0 Å². The molecule has 0 saturated carbocycles. The zero-order chi connectivity index (χ0) is 21.3. The minimum absolute atomic E-state index is 0. The van der Waals surface area contributed by atoms with Gasteiger partial charge in [0.05, 0.1) is 12.5 Å². The molecule has 1 amide bonds. The lowest BCUT2D eigenvalue weighted by molar-refractivity contribution is -0.122. The quantitative estimate of drug-likeness (QED) is 0.297. The van der Waals surface area contributed by atoms with Crippen LogP contribution >= 0.6 is 35.3 Å². The summed E-state index contributed by atoms with van der Waals surface area (Å²) in [6.45, 7) is 5.84. The molecule has 0 spiro atoms. The number of halogens is 1. The maximum Gasteiger partial charge on any atom is 0.222 e. The van der Waals surface area contributed by atoms with Crippen molar-refractivity contribution in [1.29, 1.82) is 0 Å². The molecule has 0 aromatic carbocycles. The highest BCUT2D eigenvalue weighted by Crippen LogP contribution is 2.25. The molecule has 7 nitrogen and oxygen atoms in total. The Morgan fingerprint density at radius 1 is 1.42 bits per heavy atom. The zero-order valence-corrected chi connectivity index (χ0v) is 21.4. The van der Waals surface area contributed by atoms with Crippen LogP contribution in [0.4, 0.5) is 5.82 Å². The maximum atomic E-state index is 11.7. The van der Waals surface area contributed by atoms with Gasteiger partial charge < -0.3 is 20.9 Å². The number of piperidine rings is 1. The van der Waals surface area contributed by atoms with E-state index in [0.717, 1.165) is 56.2 Å². The van der Waals surface area contributed by atoms with Crippen molar-refractivity contribution >= 4 is 53.0 Å². The number of carbonyl (C=O) groups is 1. The van der Waals surface area contributed by atoms with Crippen molar-refractivity contribution in [3.63, 3.8) is 0 Å². The number of pyridine rings is 1. The van der Waals surface area contributed by atoms with Gasteiger partial charge in [0.1, 0.15) is 5.82 Å². The lowest BCUT2D eigenvalue weighted by Gasteiger charge is -2.33. The number of nitrogens with zero attached hydrogens (tertiary/aromatic N) is 4. The molecule has 9 heteroatoms. The summed E-state index contributed by atoms with van der Waals surface area (Å²) in [5.74, 6) is 1.46. The molecule has 0 bridgehead atoms. The number of aromatic nitrogens is 1. The number of hydrogen-bond acceptors (Lipinski definition) is 5. The van der Waals surface area contributed by atoms with Gasteiger partial charge in [0, 0.05) is 49.9 Å². The Hall–Kier alpha value is -1.88. The molecule has 170 valence electrons. The molecular weight excluding hydrogens is 523 g/mol. The summed E-state index contributed by atoms with van der Waals surface area (Å²) in [6.07, 6.45) is 4.60. The number of likely N-dealkylation sites (N-methyl/N-ethyl adjacent to an activating group) is 1. The predicted molar refractivity (Wildman–Crippen MR) is 139 cm³/mol. The second-order valence-corrected chi connectivity index (χ2v) is 8.63. The van der Waals surface area contributed by atoms with E-state index in [4.69, 9.17) is 10.7 Å². The van der Waals surface area contributed by atoms with Gasteiger partial charge >= 0.3 is 0 Å². The predicted octanol–water partition coefficient (Wildman–Crippen LogP) is 3.10. The van der Waals surface area contributed by atoms with Crippen molar-refractivity contribution in [3.05, 3.63) is 46.3 Å². The van der Waals surface area contributed by atoms with E-state index < -0.39 is 0 Å². The largest absolute Gasteiger partial charge is 0.369 e. The smallest absolute Gasteiger partial charge is 0.222 e. The van der Waals surface area contributed by atoms with Gasteiger partial charge in [-0.1, -0.05) is 12.1 Å². The molecule has 1 atom stereocenters. The van der Waals surface area contributed by atoms with Gasteiger partial charge in [0.2, 0.25) is 5.91 Å². The van der Waals surface area contributed by atoms with Crippen LogP contribution in [0.3, 0.4) is 0 Å². The standard InChI is InChI=1S/C22H32N6OS.HI/c1-3-24-22(27(2)13-10-19-9-6-14-30-19)26-15-17-7-4-11-25-21(17)28-12-5-8-18(16-28)20(23)29;/h4,6-7,9,11,14,18H,3,5,8,10,12-13,15-16H2,1-2H3,(H2,23,29)(H,24,26);1H. The third kappa shape index (κ3) is 7.34. The minimum Gasteiger partial charge on any atom is -0.369 e. The summed E-state index contributed by atoms with van der Waals surface area (Å²) < 4.78 is 0. The highest BCUT2D eigenvalue weighted by Gasteiger charge is 2.26. The SMILES string of the molecule is CCNC(=NCc1cccnc1N1CCCC(C(N)=O)C1)N(C)CCc1cccs1.I. The number of nitrogens with one attached hydrogen (secondary N) is 1. The van der Waals surface area contributed by atoms with Crippen LogP contribution in [0.15, 0.2) is 40.8 Å². The second kappa shape index (κ2) is 12.8. The number of guanidine groups is 1. The van der Waals surface area contributed by atoms with Crippen LogP contribution in [0.25, 0.3) is 0 Å². The Morgan fingerprint density at radius 3 is 2.97 bits per heavy atom. The summed E-state index contributed by atoms with van der Waals surface area (Å²) in [5, 5.41) is 5.50. The number of hydrogen-bond donors (Lipinski definition) is 2. The fraction of sp³-hybridized carbons (Fsp3) is 0.500. The zero-order valence-electron chi connectivity index (χ0n) is 18.3. The number of anilines is 1. The van der Waals surface area contributed by atoms with Crippen LogP contribution in [0.2, 0.25) is 0 Å². The molecule has 1 saturated heterocycles. The number of nitrogens with two attached hydrogens (primary N) is 1. The maximum absolute atomic E-state index is 11.7. The first kappa shape index (κ1) is 25.4. The van der Waals surface area contributed by atoms with Gasteiger partial charge in [-0.25, -0.2) is 9.98 Å². The van der Waals surface area contributed by atoms with Gasteiger partial charge in [-0.15, -0.1) is 35.3 Å². The van der Waals surface area contributed by atoms with Crippen LogP contribution < -0.4 is 16.0 Å². The monoisotopic (exact) mass is 556 g/mol. The summed E-state index contributed by atoms with van der Waals surface area (Å²) in [7, 11) is 2.07. The Bertz CT molecular complexity index is 844. The van der Waals surface area contributed by atoms with Crippen molar-refractivity contribution in [1.82, 2.24) is 15.2 Å². The van der Waals surface area contributed by atoms with Crippen LogP contribution in [0.1, 0.15) is 30.2 Å². The molecule has 2 aromatic rings. The fourth-order valence-electron chi connectivity index (χ4n) is 3.71. The van der Waals surface area contributed by atoms with Crippen LogP contribution in [0.5, 0.6) is 0 Å². The van der Waals surface area contributed by atoms with E-state index in [1.807, 2.05) is 6.07 Å². The Labute approximate surface area is 206 Å². The molecule has 1 unspecified atom stereocenters. The van der Waals surface area contributed by atoms with Crippen molar-refractivity contribution in [2.75, 3.05) is 38.1 Å². The average Bonchev–Trinajstić information content (AvgIpc) is 3.29. The first-order valence-electron chi connectivity index (χ1n) is 10.6. The van der Waals surface area contributed by atoms with Gasteiger partial charge in [0.25, 0.3) is 0 Å². The van der Waals surface area contributed by atoms with E-state index in [0.29, 0.717) is 13.1 Å². The van der Waals surface area contributed by atoms with E-state index in [2.05, 4.69) is 57.7 Å². The van der Waals surface area contributed by atoms with E-state index in [1.165, 1.54) is 4.88 Å². The normalized spacial score (nSPS) is 16.5. The third-order valence-corrected chi connectivity index (χ3v) is 6.30. The van der Waals surface area contributed by atoms with Crippen molar-refractivity contribution < 1.29 is 4.79 Å². The first-order valence-corrected chi connectivity index (χ1v) is 11.5. The molecule has 3 N–H and O–H groups in total. The minimum atomic E-state index is -0.225. The lowest BCUT2D eigenvalue weighted by atomic mass is 9.97. The highest BCUT2D eigenvalue weighted by atomic mass is 127. The van der Waals surface area contributed by atoms with E-state index in [1.54, 1.807) is 17.5 Å². The summed E-state index contributed by atoms with van der Waals surface area (Å²) in [6, 6.07) is 8.27. The Kier molecular flexibility index (Phi) is 10.5. The van der Waals surface area contributed by atoms with E-state index >= 15 is 0 Å². The fourth-order valence-corrected chi connectivity index (χ4v) is 4.41. The number of amides is 1. The molecule has 1 aliphatic heterocycles. The highest BCUT2D eigenvalue weighted by molar-refractivity contribution is 14.0. The van der Waals surface area contributed by atoms with E-state index in [9.17, 15) is 4.79 Å². The number of aliphatic imine (C=N–C) groups is 1. The number of primary amides is 1. The Morgan fingerprint density at radius 2 is 2.26 bits per heavy atom. The van der Waals surface area contributed by atoms with Gasteiger partial charge in [0.15, 0.2) is 5.96 Å². The first-order chi connectivity index (χ1) is 14.6. The number of carbonyl (C=O) groups excluding carboxylic acids is 1. The average molecular weight is 557 g/mol. The molecular formula is C22H33IN6OS. The van der Waals surface area contributed by atoms with Gasteiger partial charge in [-0.2, -0.15) is 0 Å². The molecule has 0 radical (unpaired) electrons. The lowest BCUT2D eigenvalue weighted by Crippen LogP contribution is -2.42. The molecule has 0 aliphatic carbocycles. The number of rotatable bonds is 8. The van der Waals surface area contributed by atoms with E-state index in [-0.39, 0.29) is 35.8 Å². The van der Waals surface area contributed by atoms with Gasteiger partial charge in [-0.05, 0) is 43.7 Å². The van der Waals surface area contributed by atoms with Crippen LogP contribution in [0, 0.1) is 5.92 Å². The van der Waals surface area contributed by atoms with Crippen molar-refractivity contribution in [2.45, 2.75) is 32.7 Å².